The van der Waals surface area contributed by atoms with Gasteiger partial charge in [0.15, 0.2) is 0 Å². The van der Waals surface area contributed by atoms with Crippen LogP contribution in [-0.4, -0.2) is 6.61 Å². The van der Waals surface area contributed by atoms with Crippen molar-refractivity contribution in [2.24, 2.45) is 5.92 Å². The van der Waals surface area contributed by atoms with E-state index in [0.717, 1.165) is 23.8 Å². The molecule has 0 spiro atoms. The maximum atomic E-state index is 5.82. The molecule has 1 saturated carbocycles. The first-order valence-corrected chi connectivity index (χ1v) is 5.06. The van der Waals surface area contributed by atoms with Crippen LogP contribution >= 0.6 is 11.6 Å². The van der Waals surface area contributed by atoms with Crippen LogP contribution in [0.3, 0.4) is 0 Å². The first-order valence-electron chi connectivity index (χ1n) is 4.68. The lowest BCUT2D eigenvalue weighted by atomic mass is 10.2. The molecule has 0 heterocycles. The topological polar surface area (TPSA) is 9.23 Å². The van der Waals surface area contributed by atoms with E-state index in [0.29, 0.717) is 5.02 Å². The maximum absolute atomic E-state index is 5.82. The summed E-state index contributed by atoms with van der Waals surface area (Å²) in [6.45, 7) is 0.774. The molecule has 0 aliphatic heterocycles. The largest absolute Gasteiger partial charge is 0.492 e. The molecule has 1 fully saturated rings. The fraction of sp³-hybridized carbons (Fsp3) is 0.333. The third-order valence-corrected chi connectivity index (χ3v) is 2.50. The van der Waals surface area contributed by atoms with E-state index in [1.807, 2.05) is 6.07 Å². The van der Waals surface area contributed by atoms with Gasteiger partial charge in [0, 0.05) is 5.02 Å². The van der Waals surface area contributed by atoms with Crippen LogP contribution in [0.15, 0.2) is 18.2 Å². The quantitative estimate of drug-likeness (QED) is 0.691. The lowest BCUT2D eigenvalue weighted by molar-refractivity contribution is 0.299. The standard InChI is InChI=1S/C12H11ClO/c1-2-10-7-11(13)5-6-12(10)14-8-9-3-4-9/h1,5-7,9H,3-4,8H2. The molecule has 1 aliphatic carbocycles. The molecule has 2 heteroatoms. The van der Waals surface area contributed by atoms with E-state index in [1.165, 1.54) is 12.8 Å². The molecule has 0 bridgehead atoms. The molecule has 1 nitrogen and oxygen atoms in total. The fourth-order valence-electron chi connectivity index (χ4n) is 1.23. The Morgan fingerprint density at radius 2 is 2.29 bits per heavy atom. The summed E-state index contributed by atoms with van der Waals surface area (Å²) >= 11 is 5.82. The van der Waals surface area contributed by atoms with Crippen molar-refractivity contribution in [2.45, 2.75) is 12.8 Å². The lowest BCUT2D eigenvalue weighted by Crippen LogP contribution is -2.00. The van der Waals surface area contributed by atoms with Gasteiger partial charge in [0.2, 0.25) is 0 Å². The normalized spacial score (nSPS) is 14.9. The zero-order valence-corrected chi connectivity index (χ0v) is 8.55. The minimum Gasteiger partial charge on any atom is -0.492 e. The smallest absolute Gasteiger partial charge is 0.135 e. The van der Waals surface area contributed by atoms with Crippen LogP contribution in [0.1, 0.15) is 18.4 Å². The summed E-state index contributed by atoms with van der Waals surface area (Å²) in [5, 5.41) is 0.650. The Morgan fingerprint density at radius 3 is 2.93 bits per heavy atom. The lowest BCUT2D eigenvalue weighted by Gasteiger charge is -2.07. The predicted molar refractivity (Wildman–Crippen MR) is 57.6 cm³/mol. The zero-order chi connectivity index (χ0) is 9.97. The molecule has 0 N–H and O–H groups in total. The van der Waals surface area contributed by atoms with Crippen molar-refractivity contribution >= 4 is 11.6 Å². The van der Waals surface area contributed by atoms with Gasteiger partial charge in [0.25, 0.3) is 0 Å². The van der Waals surface area contributed by atoms with Gasteiger partial charge in [-0.15, -0.1) is 6.42 Å². The molecular formula is C12H11ClO. The van der Waals surface area contributed by atoms with Gasteiger partial charge >= 0.3 is 0 Å². The minimum atomic E-state index is 0.650. The van der Waals surface area contributed by atoms with Gasteiger partial charge in [0.1, 0.15) is 5.75 Å². The van der Waals surface area contributed by atoms with E-state index in [9.17, 15) is 0 Å². The van der Waals surface area contributed by atoms with Crippen LogP contribution < -0.4 is 4.74 Å². The number of hydrogen-bond donors (Lipinski definition) is 0. The highest BCUT2D eigenvalue weighted by atomic mass is 35.5. The Bertz CT molecular complexity index is 374. The van der Waals surface area contributed by atoms with Crippen molar-refractivity contribution in [1.29, 1.82) is 0 Å². The second-order valence-corrected chi connectivity index (χ2v) is 3.98. The summed E-state index contributed by atoms with van der Waals surface area (Å²) in [7, 11) is 0. The van der Waals surface area contributed by atoms with Gasteiger partial charge in [-0.1, -0.05) is 17.5 Å². The highest BCUT2D eigenvalue weighted by molar-refractivity contribution is 6.30. The van der Waals surface area contributed by atoms with E-state index in [-0.39, 0.29) is 0 Å². The number of benzene rings is 1. The second kappa shape index (κ2) is 3.94. The Balaban J connectivity index is 2.10. The molecule has 0 radical (unpaired) electrons. The Labute approximate surface area is 89.0 Å². The zero-order valence-electron chi connectivity index (χ0n) is 7.79. The van der Waals surface area contributed by atoms with Crippen LogP contribution in [0, 0.1) is 18.3 Å². The maximum Gasteiger partial charge on any atom is 0.135 e. The summed E-state index contributed by atoms with van der Waals surface area (Å²) in [5.74, 6) is 4.07. The van der Waals surface area contributed by atoms with Crippen LogP contribution in [0.25, 0.3) is 0 Å². The molecule has 0 atom stereocenters. The molecule has 0 saturated heterocycles. The van der Waals surface area contributed by atoms with Crippen molar-refractivity contribution in [2.75, 3.05) is 6.61 Å². The predicted octanol–water partition coefficient (Wildman–Crippen LogP) is 3.11. The number of hydrogen-bond acceptors (Lipinski definition) is 1. The van der Waals surface area contributed by atoms with Crippen molar-refractivity contribution in [3.63, 3.8) is 0 Å². The van der Waals surface area contributed by atoms with Gasteiger partial charge in [-0.25, -0.2) is 0 Å². The summed E-state index contributed by atoms with van der Waals surface area (Å²) in [6, 6.07) is 5.38. The average Bonchev–Trinajstić information content (AvgIpc) is 2.99. The average molecular weight is 207 g/mol. The van der Waals surface area contributed by atoms with Gasteiger partial charge in [-0.2, -0.15) is 0 Å². The second-order valence-electron chi connectivity index (χ2n) is 3.54. The molecule has 0 aromatic heterocycles. The Kier molecular flexibility index (Phi) is 2.65. The van der Waals surface area contributed by atoms with E-state index < -0.39 is 0 Å². The summed E-state index contributed by atoms with van der Waals surface area (Å²) < 4.78 is 5.61. The Hall–Kier alpha value is -1.13. The summed E-state index contributed by atoms with van der Waals surface area (Å²) in [6.07, 6.45) is 7.91. The minimum absolute atomic E-state index is 0.650. The van der Waals surface area contributed by atoms with E-state index in [4.69, 9.17) is 22.8 Å². The molecule has 1 aromatic carbocycles. The van der Waals surface area contributed by atoms with Crippen molar-refractivity contribution in [3.8, 4) is 18.1 Å². The van der Waals surface area contributed by atoms with Gasteiger partial charge in [0.05, 0.1) is 12.2 Å². The SMILES string of the molecule is C#Cc1cc(Cl)ccc1OCC1CC1. The monoisotopic (exact) mass is 206 g/mol. The summed E-state index contributed by atoms with van der Waals surface area (Å²) in [4.78, 5) is 0. The van der Waals surface area contributed by atoms with Crippen molar-refractivity contribution < 1.29 is 4.74 Å². The fourth-order valence-corrected chi connectivity index (χ4v) is 1.41. The van der Waals surface area contributed by atoms with Crippen LogP contribution in [0.4, 0.5) is 0 Å². The van der Waals surface area contributed by atoms with E-state index in [1.54, 1.807) is 12.1 Å². The third kappa shape index (κ3) is 2.21. The molecule has 0 unspecified atom stereocenters. The van der Waals surface area contributed by atoms with Crippen LogP contribution in [-0.2, 0) is 0 Å². The van der Waals surface area contributed by atoms with E-state index in [2.05, 4.69) is 5.92 Å². The van der Waals surface area contributed by atoms with Gasteiger partial charge in [-0.3, -0.25) is 0 Å². The Morgan fingerprint density at radius 1 is 1.50 bits per heavy atom. The number of ether oxygens (including phenoxy) is 1. The summed E-state index contributed by atoms with van der Waals surface area (Å²) in [5.41, 5.74) is 0.734. The number of rotatable bonds is 3. The first kappa shape index (κ1) is 9.43. The van der Waals surface area contributed by atoms with Gasteiger partial charge in [-0.05, 0) is 37.0 Å². The third-order valence-electron chi connectivity index (χ3n) is 2.27. The molecule has 2 rings (SSSR count). The molecule has 72 valence electrons. The first-order chi connectivity index (χ1) is 6.79. The van der Waals surface area contributed by atoms with Crippen molar-refractivity contribution in [3.05, 3.63) is 28.8 Å². The number of terminal acetylenes is 1. The highest BCUT2D eigenvalue weighted by Gasteiger charge is 2.22. The molecule has 0 amide bonds. The van der Waals surface area contributed by atoms with Crippen LogP contribution in [0.2, 0.25) is 5.02 Å². The van der Waals surface area contributed by atoms with E-state index >= 15 is 0 Å². The molecular weight excluding hydrogens is 196 g/mol. The molecule has 14 heavy (non-hydrogen) atoms. The molecule has 1 aliphatic rings. The molecule has 1 aromatic rings. The van der Waals surface area contributed by atoms with Gasteiger partial charge < -0.3 is 4.74 Å². The van der Waals surface area contributed by atoms with Crippen LogP contribution in [0.5, 0.6) is 5.75 Å². The number of halogens is 1. The van der Waals surface area contributed by atoms with Crippen molar-refractivity contribution in [1.82, 2.24) is 0 Å². The highest BCUT2D eigenvalue weighted by Crippen LogP contribution is 2.30.